The second-order valence-electron chi connectivity index (χ2n) is 3.82. The average molecular weight is 151 g/mol. The zero-order chi connectivity index (χ0) is 7.90. The second kappa shape index (κ2) is 2.11. The van der Waals surface area contributed by atoms with Crippen LogP contribution in [0.4, 0.5) is 0 Å². The molecule has 0 spiro atoms. The monoisotopic (exact) mass is 151 g/mol. The summed E-state index contributed by atoms with van der Waals surface area (Å²) in [5, 5.41) is 3.34. The molecular weight excluding hydrogens is 138 g/mol. The molecule has 0 saturated carbocycles. The summed E-state index contributed by atoms with van der Waals surface area (Å²) in [6, 6.07) is 4.38. The molecule has 0 bridgehead atoms. The molecule has 1 aliphatic rings. The fourth-order valence-corrected chi connectivity index (χ4v) is 1.55. The predicted octanol–water partition coefficient (Wildman–Crippen LogP) is 1.95. The van der Waals surface area contributed by atoms with Crippen molar-refractivity contribution in [3.63, 3.8) is 0 Å². The van der Waals surface area contributed by atoms with Crippen LogP contribution < -0.4 is 5.32 Å². The van der Waals surface area contributed by atoms with Gasteiger partial charge in [0.05, 0.1) is 12.3 Å². The molecule has 0 amide bonds. The van der Waals surface area contributed by atoms with E-state index in [0.717, 1.165) is 12.3 Å². The van der Waals surface area contributed by atoms with Crippen LogP contribution in [0.3, 0.4) is 0 Å². The Morgan fingerprint density at radius 2 is 2.45 bits per heavy atom. The topological polar surface area (TPSA) is 25.2 Å². The predicted molar refractivity (Wildman–Crippen MR) is 43.2 cm³/mol. The van der Waals surface area contributed by atoms with Crippen molar-refractivity contribution in [2.45, 2.75) is 19.9 Å². The number of nitrogens with one attached hydrogen (secondary N) is 1. The molecule has 60 valence electrons. The van der Waals surface area contributed by atoms with Gasteiger partial charge in [0.1, 0.15) is 5.76 Å². The number of furan rings is 1. The molecule has 0 unspecified atom stereocenters. The molecule has 1 saturated heterocycles. The van der Waals surface area contributed by atoms with E-state index in [0.29, 0.717) is 11.5 Å². The van der Waals surface area contributed by atoms with Crippen LogP contribution in [0.5, 0.6) is 0 Å². The molecular formula is C9H13NO. The highest BCUT2D eigenvalue weighted by atomic mass is 16.3. The van der Waals surface area contributed by atoms with Crippen LogP contribution >= 0.6 is 0 Å². The molecule has 1 aromatic heterocycles. The molecule has 11 heavy (non-hydrogen) atoms. The quantitative estimate of drug-likeness (QED) is 0.663. The first kappa shape index (κ1) is 6.92. The average Bonchev–Trinajstić information content (AvgIpc) is 2.38. The van der Waals surface area contributed by atoms with Gasteiger partial charge in [-0.1, -0.05) is 13.8 Å². The summed E-state index contributed by atoms with van der Waals surface area (Å²) in [6.45, 7) is 5.58. The lowest BCUT2D eigenvalue weighted by molar-refractivity contribution is 0.108. The van der Waals surface area contributed by atoms with Crippen molar-refractivity contribution in [3.05, 3.63) is 24.2 Å². The first-order valence-electron chi connectivity index (χ1n) is 3.97. The van der Waals surface area contributed by atoms with Crippen molar-refractivity contribution in [1.29, 1.82) is 0 Å². The molecule has 1 aromatic rings. The largest absolute Gasteiger partial charge is 0.468 e. The van der Waals surface area contributed by atoms with Crippen LogP contribution in [0, 0.1) is 5.41 Å². The Hall–Kier alpha value is -0.760. The first-order chi connectivity index (χ1) is 5.20. The molecule has 2 rings (SSSR count). The second-order valence-corrected chi connectivity index (χ2v) is 3.82. The van der Waals surface area contributed by atoms with Gasteiger partial charge in [-0.15, -0.1) is 0 Å². The van der Waals surface area contributed by atoms with Gasteiger partial charge < -0.3 is 9.73 Å². The fourth-order valence-electron chi connectivity index (χ4n) is 1.55. The van der Waals surface area contributed by atoms with Crippen LogP contribution in [0.25, 0.3) is 0 Å². The van der Waals surface area contributed by atoms with E-state index in [9.17, 15) is 0 Å². The maximum Gasteiger partial charge on any atom is 0.121 e. The minimum absolute atomic E-state index is 0.359. The van der Waals surface area contributed by atoms with Crippen LogP contribution in [-0.2, 0) is 0 Å². The smallest absolute Gasteiger partial charge is 0.121 e. The highest BCUT2D eigenvalue weighted by Gasteiger charge is 2.40. The van der Waals surface area contributed by atoms with Gasteiger partial charge in [-0.05, 0) is 17.5 Å². The van der Waals surface area contributed by atoms with Crippen molar-refractivity contribution in [2.24, 2.45) is 5.41 Å². The summed E-state index contributed by atoms with van der Waals surface area (Å²) >= 11 is 0. The highest BCUT2D eigenvalue weighted by Crippen LogP contribution is 2.39. The molecule has 1 fully saturated rings. The molecule has 1 aliphatic heterocycles. The van der Waals surface area contributed by atoms with E-state index in [-0.39, 0.29) is 0 Å². The van der Waals surface area contributed by atoms with Gasteiger partial charge in [0, 0.05) is 6.54 Å². The Kier molecular flexibility index (Phi) is 1.33. The maximum atomic E-state index is 5.31. The van der Waals surface area contributed by atoms with Crippen LogP contribution in [0.1, 0.15) is 25.6 Å². The lowest BCUT2D eigenvalue weighted by Crippen LogP contribution is -2.52. The van der Waals surface area contributed by atoms with Crippen molar-refractivity contribution in [2.75, 3.05) is 6.54 Å². The lowest BCUT2D eigenvalue weighted by atomic mass is 9.76. The van der Waals surface area contributed by atoms with Crippen molar-refractivity contribution >= 4 is 0 Å². The standard InChI is InChI=1S/C9H13NO/c1-9(2)6-10-8(9)7-4-3-5-11-7/h3-5,8,10H,6H2,1-2H3/t8-/m0/s1. The van der Waals surface area contributed by atoms with Crippen molar-refractivity contribution < 1.29 is 4.42 Å². The van der Waals surface area contributed by atoms with E-state index in [4.69, 9.17) is 4.42 Å². The molecule has 2 nitrogen and oxygen atoms in total. The summed E-state index contributed by atoms with van der Waals surface area (Å²) in [7, 11) is 0. The summed E-state index contributed by atoms with van der Waals surface area (Å²) in [4.78, 5) is 0. The van der Waals surface area contributed by atoms with Crippen LogP contribution in [0.2, 0.25) is 0 Å². The third-order valence-electron chi connectivity index (χ3n) is 2.37. The molecule has 2 heterocycles. The first-order valence-corrected chi connectivity index (χ1v) is 3.97. The summed E-state index contributed by atoms with van der Waals surface area (Å²) in [5.74, 6) is 1.06. The lowest BCUT2D eigenvalue weighted by Gasteiger charge is -2.44. The Labute approximate surface area is 66.6 Å². The summed E-state index contributed by atoms with van der Waals surface area (Å²) in [5.41, 5.74) is 0.359. The van der Waals surface area contributed by atoms with Crippen molar-refractivity contribution in [1.82, 2.24) is 5.32 Å². The van der Waals surface area contributed by atoms with Gasteiger partial charge >= 0.3 is 0 Å². The molecule has 2 heteroatoms. The van der Waals surface area contributed by atoms with E-state index >= 15 is 0 Å². The fraction of sp³-hybridized carbons (Fsp3) is 0.556. The van der Waals surface area contributed by atoms with E-state index in [1.54, 1.807) is 6.26 Å². The van der Waals surface area contributed by atoms with Crippen LogP contribution in [0.15, 0.2) is 22.8 Å². The van der Waals surface area contributed by atoms with Gasteiger partial charge in [-0.2, -0.15) is 0 Å². The summed E-state index contributed by atoms with van der Waals surface area (Å²) < 4.78 is 5.31. The molecule has 1 atom stereocenters. The minimum Gasteiger partial charge on any atom is -0.468 e. The van der Waals surface area contributed by atoms with E-state index in [2.05, 4.69) is 19.2 Å². The number of hydrogen-bond acceptors (Lipinski definition) is 2. The van der Waals surface area contributed by atoms with Crippen molar-refractivity contribution in [3.8, 4) is 0 Å². The zero-order valence-electron chi connectivity index (χ0n) is 6.92. The highest BCUT2D eigenvalue weighted by molar-refractivity contribution is 5.13. The van der Waals surface area contributed by atoms with Gasteiger partial charge in [0.25, 0.3) is 0 Å². The van der Waals surface area contributed by atoms with E-state index in [1.165, 1.54) is 0 Å². The maximum absolute atomic E-state index is 5.31. The Morgan fingerprint density at radius 1 is 1.64 bits per heavy atom. The molecule has 0 aliphatic carbocycles. The van der Waals surface area contributed by atoms with E-state index < -0.39 is 0 Å². The van der Waals surface area contributed by atoms with Gasteiger partial charge in [0.15, 0.2) is 0 Å². The van der Waals surface area contributed by atoms with Gasteiger partial charge in [-0.25, -0.2) is 0 Å². The summed E-state index contributed by atoms with van der Waals surface area (Å²) in [6.07, 6.45) is 1.73. The Morgan fingerprint density at radius 3 is 2.82 bits per heavy atom. The normalized spacial score (nSPS) is 28.0. The third-order valence-corrected chi connectivity index (χ3v) is 2.37. The Bertz CT molecular complexity index is 238. The van der Waals surface area contributed by atoms with Gasteiger partial charge in [-0.3, -0.25) is 0 Å². The number of hydrogen-bond donors (Lipinski definition) is 1. The molecule has 0 radical (unpaired) electrons. The SMILES string of the molecule is CC1(C)CN[C@H]1c1ccco1. The van der Waals surface area contributed by atoms with E-state index in [1.807, 2.05) is 12.1 Å². The zero-order valence-corrected chi connectivity index (χ0v) is 6.92. The third kappa shape index (κ3) is 0.979. The number of rotatable bonds is 1. The minimum atomic E-state index is 0.359. The van der Waals surface area contributed by atoms with Gasteiger partial charge in [0.2, 0.25) is 0 Å². The molecule has 1 N–H and O–H groups in total. The molecule has 0 aromatic carbocycles. The van der Waals surface area contributed by atoms with Crippen LogP contribution in [-0.4, -0.2) is 6.54 Å². The Balaban J connectivity index is 2.20.